The van der Waals surface area contributed by atoms with Crippen molar-refractivity contribution in [3.8, 4) is 17.2 Å². The highest BCUT2D eigenvalue weighted by Gasteiger charge is 2.37. The molecule has 0 spiro atoms. The first-order chi connectivity index (χ1) is 20.6. The Morgan fingerprint density at radius 3 is 2.56 bits per heavy atom. The first kappa shape index (κ1) is 31.4. The maximum Gasteiger partial charge on any atom is 0.254 e. The average Bonchev–Trinajstić information content (AvgIpc) is 3.54. The van der Waals surface area contributed by atoms with Crippen LogP contribution in [0.4, 0.5) is 0 Å². The van der Waals surface area contributed by atoms with Crippen LogP contribution in [-0.2, 0) is 0 Å². The van der Waals surface area contributed by atoms with Crippen LogP contribution in [0.15, 0.2) is 48.0 Å². The lowest BCUT2D eigenvalue weighted by Crippen LogP contribution is -2.46. The second kappa shape index (κ2) is 13.7. The van der Waals surface area contributed by atoms with Gasteiger partial charge >= 0.3 is 0 Å². The van der Waals surface area contributed by atoms with E-state index in [-0.39, 0.29) is 5.91 Å². The summed E-state index contributed by atoms with van der Waals surface area (Å²) in [6.45, 7) is 13.8. The Morgan fingerprint density at radius 1 is 1.12 bits per heavy atom. The normalized spacial score (nSPS) is 23.5. The molecule has 234 valence electrons. The zero-order valence-corrected chi connectivity index (χ0v) is 27.0. The van der Waals surface area contributed by atoms with Crippen molar-refractivity contribution < 1.29 is 19.0 Å². The van der Waals surface area contributed by atoms with E-state index in [4.69, 9.17) is 14.2 Å². The number of nitrogens with one attached hydrogen (secondary N) is 1. The fraction of sp³-hybridized carbons (Fsp3) is 0.583. The standard InChI is InChI=1S/C36H51N3O4/c1-25(2)37-30-16-14-28(15-17-30)23-38-18-10-13-31(38)24-39(22-26(3)19-27-11-8-7-9-12-27)35(40)29-20-32(41-6)34-33(21-29)42-36(4,5)43-34/h7-9,11-12,19-21,25,28,30-31,37H,10,13-18,22-24H2,1-6H3/b26-19+/t28-,30+,31-/m1/s1. The van der Waals surface area contributed by atoms with Gasteiger partial charge in [0.05, 0.1) is 7.11 Å². The minimum Gasteiger partial charge on any atom is -0.493 e. The van der Waals surface area contributed by atoms with Crippen molar-refractivity contribution in [2.45, 2.75) is 97.1 Å². The van der Waals surface area contributed by atoms with Gasteiger partial charge in [0.15, 0.2) is 11.5 Å². The summed E-state index contributed by atoms with van der Waals surface area (Å²) in [5.74, 6) is 1.54. The van der Waals surface area contributed by atoms with Gasteiger partial charge in [0, 0.05) is 57.2 Å². The van der Waals surface area contributed by atoms with Crippen molar-refractivity contribution in [3.05, 3.63) is 59.2 Å². The minimum atomic E-state index is -0.805. The molecule has 2 heterocycles. The van der Waals surface area contributed by atoms with Crippen LogP contribution in [0.5, 0.6) is 17.2 Å². The molecule has 2 aliphatic heterocycles. The highest BCUT2D eigenvalue weighted by Crippen LogP contribution is 2.47. The molecule has 7 nitrogen and oxygen atoms in total. The summed E-state index contributed by atoms with van der Waals surface area (Å²) in [5.41, 5.74) is 2.85. The Bertz CT molecular complexity index is 1270. The van der Waals surface area contributed by atoms with Gasteiger partial charge in [0.25, 0.3) is 5.91 Å². The first-order valence-corrected chi connectivity index (χ1v) is 16.2. The van der Waals surface area contributed by atoms with Gasteiger partial charge in [-0.05, 0) is 75.6 Å². The van der Waals surface area contributed by atoms with E-state index in [1.54, 1.807) is 13.2 Å². The van der Waals surface area contributed by atoms with E-state index in [0.29, 0.717) is 54.0 Å². The molecule has 2 fully saturated rings. The van der Waals surface area contributed by atoms with Crippen LogP contribution in [0, 0.1) is 5.92 Å². The zero-order valence-electron chi connectivity index (χ0n) is 27.0. The van der Waals surface area contributed by atoms with Crippen LogP contribution in [0.1, 0.15) is 89.1 Å². The van der Waals surface area contributed by atoms with Gasteiger partial charge in [-0.2, -0.15) is 0 Å². The summed E-state index contributed by atoms with van der Waals surface area (Å²) in [4.78, 5) is 19.0. The second-order valence-electron chi connectivity index (χ2n) is 13.5. The predicted octanol–water partition coefficient (Wildman–Crippen LogP) is 6.77. The third-order valence-electron chi connectivity index (χ3n) is 8.97. The number of benzene rings is 2. The molecule has 3 aliphatic rings. The molecule has 1 atom stereocenters. The molecule has 5 rings (SSSR count). The number of rotatable bonds is 11. The Labute approximate surface area is 258 Å². The van der Waals surface area contributed by atoms with Gasteiger partial charge in [0.2, 0.25) is 11.5 Å². The van der Waals surface area contributed by atoms with Gasteiger partial charge in [0.1, 0.15) is 0 Å². The third kappa shape index (κ3) is 8.12. The minimum absolute atomic E-state index is 0.0117. The number of ether oxygens (including phenoxy) is 3. The average molecular weight is 590 g/mol. The van der Waals surface area contributed by atoms with Gasteiger partial charge in [-0.25, -0.2) is 0 Å². The quantitative estimate of drug-likeness (QED) is 0.312. The second-order valence-corrected chi connectivity index (χ2v) is 13.5. The molecule has 1 N–H and O–H groups in total. The number of hydrogen-bond acceptors (Lipinski definition) is 6. The SMILES string of the molecule is COc1cc(C(=O)N(C/C(C)=C/c2ccccc2)C[C@H]2CCCN2C[C@H]2CC[C@@H](NC(C)C)CC2)cc2c1OC(C)(C)O2. The summed E-state index contributed by atoms with van der Waals surface area (Å²) >= 11 is 0. The first-order valence-electron chi connectivity index (χ1n) is 16.2. The number of carbonyl (C=O) groups is 1. The highest BCUT2D eigenvalue weighted by atomic mass is 16.7. The Hall–Kier alpha value is -3.03. The van der Waals surface area contributed by atoms with Crippen LogP contribution in [0.2, 0.25) is 0 Å². The zero-order chi connectivity index (χ0) is 30.6. The number of likely N-dealkylation sites (tertiary alicyclic amines) is 1. The summed E-state index contributed by atoms with van der Waals surface area (Å²) in [5, 5.41) is 3.73. The maximum absolute atomic E-state index is 14.3. The van der Waals surface area contributed by atoms with Crippen LogP contribution in [0.25, 0.3) is 6.08 Å². The molecular weight excluding hydrogens is 538 g/mol. The van der Waals surface area contributed by atoms with E-state index in [1.165, 1.54) is 32.1 Å². The van der Waals surface area contributed by atoms with E-state index in [1.807, 2.05) is 43.0 Å². The third-order valence-corrected chi connectivity index (χ3v) is 8.97. The fourth-order valence-corrected chi connectivity index (χ4v) is 7.05. The van der Waals surface area contributed by atoms with Crippen molar-refractivity contribution in [1.82, 2.24) is 15.1 Å². The fourth-order valence-electron chi connectivity index (χ4n) is 7.05. The van der Waals surface area contributed by atoms with Gasteiger partial charge in [-0.15, -0.1) is 0 Å². The molecule has 0 aromatic heterocycles. The molecule has 0 radical (unpaired) electrons. The van der Waals surface area contributed by atoms with Crippen LogP contribution in [0.3, 0.4) is 0 Å². The Balaban J connectivity index is 1.33. The molecule has 2 aromatic rings. The number of nitrogens with zero attached hydrogens (tertiary/aromatic N) is 2. The van der Waals surface area contributed by atoms with Crippen molar-refractivity contribution >= 4 is 12.0 Å². The number of methoxy groups -OCH3 is 1. The molecule has 1 aliphatic carbocycles. The molecule has 7 heteroatoms. The monoisotopic (exact) mass is 589 g/mol. The van der Waals surface area contributed by atoms with Crippen molar-refractivity contribution in [2.24, 2.45) is 5.92 Å². The van der Waals surface area contributed by atoms with Crippen LogP contribution >= 0.6 is 0 Å². The summed E-state index contributed by atoms with van der Waals surface area (Å²) < 4.78 is 17.6. The maximum atomic E-state index is 14.3. The number of hydrogen-bond donors (Lipinski definition) is 1. The molecule has 1 amide bonds. The van der Waals surface area contributed by atoms with Crippen molar-refractivity contribution in [2.75, 3.05) is 33.3 Å². The lowest BCUT2D eigenvalue weighted by molar-refractivity contribution is -0.0439. The Kier molecular flexibility index (Phi) is 10.0. The molecule has 43 heavy (non-hydrogen) atoms. The van der Waals surface area contributed by atoms with Gasteiger partial charge in [-0.3, -0.25) is 9.69 Å². The largest absolute Gasteiger partial charge is 0.493 e. The molecule has 0 unspecified atom stereocenters. The summed E-state index contributed by atoms with van der Waals surface area (Å²) in [6.07, 6.45) is 9.57. The predicted molar refractivity (Wildman–Crippen MR) is 173 cm³/mol. The highest BCUT2D eigenvalue weighted by molar-refractivity contribution is 5.96. The van der Waals surface area contributed by atoms with Crippen molar-refractivity contribution in [1.29, 1.82) is 0 Å². The lowest BCUT2D eigenvalue weighted by Gasteiger charge is -2.36. The van der Waals surface area contributed by atoms with E-state index in [9.17, 15) is 4.79 Å². The van der Waals surface area contributed by atoms with E-state index >= 15 is 0 Å². The van der Waals surface area contributed by atoms with Gasteiger partial charge < -0.3 is 24.4 Å². The molecule has 1 saturated carbocycles. The summed E-state index contributed by atoms with van der Waals surface area (Å²) in [7, 11) is 1.60. The molecule has 2 aromatic carbocycles. The van der Waals surface area contributed by atoms with E-state index in [0.717, 1.165) is 36.6 Å². The number of carbonyl (C=O) groups excluding carboxylic acids is 1. The molecular formula is C36H51N3O4. The number of fused-ring (bicyclic) bond motifs is 1. The van der Waals surface area contributed by atoms with Crippen LogP contribution in [-0.4, -0.2) is 72.9 Å². The number of amides is 1. The molecule has 1 saturated heterocycles. The summed E-state index contributed by atoms with van der Waals surface area (Å²) in [6, 6.07) is 15.5. The smallest absolute Gasteiger partial charge is 0.254 e. The van der Waals surface area contributed by atoms with Crippen LogP contribution < -0.4 is 19.5 Å². The van der Waals surface area contributed by atoms with Crippen molar-refractivity contribution in [3.63, 3.8) is 0 Å². The van der Waals surface area contributed by atoms with Gasteiger partial charge in [-0.1, -0.05) is 55.8 Å². The Morgan fingerprint density at radius 2 is 1.86 bits per heavy atom. The lowest BCUT2D eigenvalue weighted by atomic mass is 9.85. The topological polar surface area (TPSA) is 63.3 Å². The van der Waals surface area contributed by atoms with E-state index in [2.05, 4.69) is 49.2 Å². The van der Waals surface area contributed by atoms with E-state index < -0.39 is 5.79 Å². The molecule has 0 bridgehead atoms.